The second-order valence-electron chi connectivity index (χ2n) is 2.50. The number of rotatable bonds is 4. The Kier molecular flexibility index (Phi) is 4.00. The molecule has 1 aromatic rings. The van der Waals surface area contributed by atoms with Gasteiger partial charge in [-0.25, -0.2) is 4.98 Å². The molecule has 2 atom stereocenters. The highest BCUT2D eigenvalue weighted by Crippen LogP contribution is 2.26. The summed E-state index contributed by atoms with van der Waals surface area (Å²) in [4.78, 5) is 4.10. The third-order valence-electron chi connectivity index (χ3n) is 1.43. The van der Waals surface area contributed by atoms with Crippen molar-refractivity contribution in [1.29, 1.82) is 0 Å². The largest absolute Gasteiger partial charge is 0.395 e. The normalized spacial score (nSPS) is 15.9. The smallest absolute Gasteiger partial charge is 0.150 e. The highest BCUT2D eigenvalue weighted by Gasteiger charge is 2.14. The van der Waals surface area contributed by atoms with Crippen LogP contribution in [0.1, 0.15) is 6.92 Å². The Morgan fingerprint density at radius 3 is 3.00 bits per heavy atom. The zero-order valence-electron chi connectivity index (χ0n) is 6.80. The van der Waals surface area contributed by atoms with E-state index in [0.717, 1.165) is 4.34 Å². The van der Waals surface area contributed by atoms with Gasteiger partial charge in [-0.05, 0) is 6.92 Å². The van der Waals surface area contributed by atoms with Crippen LogP contribution < -0.4 is 5.73 Å². The first-order valence-electron chi connectivity index (χ1n) is 3.66. The Hall–Kier alpha value is -0.100. The predicted molar refractivity (Wildman–Crippen MR) is 52.5 cm³/mol. The Balaban J connectivity index is 2.48. The van der Waals surface area contributed by atoms with E-state index in [0.29, 0.717) is 0 Å². The SMILES string of the molecule is CC(N)C(CO)Sc1nccs1. The van der Waals surface area contributed by atoms with Gasteiger partial charge in [-0.2, -0.15) is 0 Å². The fourth-order valence-electron chi connectivity index (χ4n) is 0.709. The maximum absolute atomic E-state index is 8.97. The number of hydrogen-bond donors (Lipinski definition) is 2. The van der Waals surface area contributed by atoms with Crippen LogP contribution in [-0.4, -0.2) is 28.0 Å². The number of thioether (sulfide) groups is 1. The second kappa shape index (κ2) is 4.81. The molecule has 3 N–H and O–H groups in total. The van der Waals surface area contributed by atoms with E-state index >= 15 is 0 Å². The molecule has 0 aliphatic carbocycles. The van der Waals surface area contributed by atoms with Crippen molar-refractivity contribution in [3.8, 4) is 0 Å². The molecule has 0 aromatic carbocycles. The highest BCUT2D eigenvalue weighted by molar-refractivity contribution is 8.01. The van der Waals surface area contributed by atoms with Gasteiger partial charge in [0.15, 0.2) is 0 Å². The lowest BCUT2D eigenvalue weighted by atomic mass is 10.3. The molecule has 12 heavy (non-hydrogen) atoms. The number of aliphatic hydroxyl groups is 1. The van der Waals surface area contributed by atoms with Crippen LogP contribution >= 0.6 is 23.1 Å². The van der Waals surface area contributed by atoms with Gasteiger partial charge in [0.05, 0.1) is 6.61 Å². The molecule has 1 heterocycles. The quantitative estimate of drug-likeness (QED) is 0.717. The van der Waals surface area contributed by atoms with E-state index < -0.39 is 0 Å². The molecule has 3 nitrogen and oxygen atoms in total. The lowest BCUT2D eigenvalue weighted by Crippen LogP contribution is -2.31. The molecule has 0 fully saturated rings. The average Bonchev–Trinajstić information content (AvgIpc) is 2.51. The van der Waals surface area contributed by atoms with E-state index in [1.807, 2.05) is 12.3 Å². The van der Waals surface area contributed by atoms with Gasteiger partial charge < -0.3 is 10.8 Å². The zero-order valence-corrected chi connectivity index (χ0v) is 8.44. The van der Waals surface area contributed by atoms with Crippen LogP contribution in [0.2, 0.25) is 0 Å². The van der Waals surface area contributed by atoms with E-state index in [4.69, 9.17) is 10.8 Å². The first kappa shape index (κ1) is 9.98. The maximum Gasteiger partial charge on any atom is 0.150 e. The summed E-state index contributed by atoms with van der Waals surface area (Å²) in [5, 5.41) is 10.9. The molecule has 2 unspecified atom stereocenters. The van der Waals surface area contributed by atoms with Crippen molar-refractivity contribution in [1.82, 2.24) is 4.98 Å². The topological polar surface area (TPSA) is 59.1 Å². The fraction of sp³-hybridized carbons (Fsp3) is 0.571. The third-order valence-corrected chi connectivity index (χ3v) is 3.76. The summed E-state index contributed by atoms with van der Waals surface area (Å²) >= 11 is 3.11. The number of nitrogens with two attached hydrogens (primary N) is 1. The summed E-state index contributed by atoms with van der Waals surface area (Å²) in [6.07, 6.45) is 1.75. The Morgan fingerprint density at radius 2 is 2.58 bits per heavy atom. The van der Waals surface area contributed by atoms with Crippen molar-refractivity contribution in [3.63, 3.8) is 0 Å². The fourth-order valence-corrected chi connectivity index (χ4v) is 2.50. The van der Waals surface area contributed by atoms with Gasteiger partial charge in [-0.15, -0.1) is 11.3 Å². The summed E-state index contributed by atoms with van der Waals surface area (Å²) in [7, 11) is 0. The van der Waals surface area contributed by atoms with E-state index in [1.165, 1.54) is 11.8 Å². The van der Waals surface area contributed by atoms with Crippen molar-refractivity contribution in [2.24, 2.45) is 5.73 Å². The standard InChI is InChI=1S/C7H12N2OS2/c1-5(8)6(4-10)12-7-9-2-3-11-7/h2-3,5-6,10H,4,8H2,1H3. The zero-order chi connectivity index (χ0) is 8.97. The molecule has 0 aliphatic rings. The first-order chi connectivity index (χ1) is 5.74. The molecule has 5 heteroatoms. The minimum absolute atomic E-state index is 0.0103. The maximum atomic E-state index is 8.97. The molecule has 1 rings (SSSR count). The Bertz CT molecular complexity index is 213. The first-order valence-corrected chi connectivity index (χ1v) is 5.42. The highest BCUT2D eigenvalue weighted by atomic mass is 32.2. The molecule has 1 aromatic heterocycles. The molecule has 68 valence electrons. The van der Waals surface area contributed by atoms with Crippen LogP contribution in [-0.2, 0) is 0 Å². The van der Waals surface area contributed by atoms with Crippen LogP contribution in [0.4, 0.5) is 0 Å². The Morgan fingerprint density at radius 1 is 1.83 bits per heavy atom. The van der Waals surface area contributed by atoms with E-state index in [1.54, 1.807) is 17.5 Å². The summed E-state index contributed by atoms with van der Waals surface area (Å²) in [6, 6.07) is -0.0103. The predicted octanol–water partition coefficient (Wildman–Crippen LogP) is 0.943. The summed E-state index contributed by atoms with van der Waals surface area (Å²) < 4.78 is 0.964. The van der Waals surface area contributed by atoms with Gasteiger partial charge in [0.2, 0.25) is 0 Å². The van der Waals surface area contributed by atoms with Crippen LogP contribution in [0.15, 0.2) is 15.9 Å². The minimum atomic E-state index is -0.0103. The number of aromatic nitrogens is 1. The van der Waals surface area contributed by atoms with Crippen LogP contribution in [0.5, 0.6) is 0 Å². The van der Waals surface area contributed by atoms with Crippen molar-refractivity contribution >= 4 is 23.1 Å². The van der Waals surface area contributed by atoms with Gasteiger partial charge in [-0.3, -0.25) is 0 Å². The van der Waals surface area contributed by atoms with Gasteiger partial charge in [0.25, 0.3) is 0 Å². The molecular weight excluding hydrogens is 192 g/mol. The number of hydrogen-bond acceptors (Lipinski definition) is 5. The lowest BCUT2D eigenvalue weighted by Gasteiger charge is -2.15. The molecule has 0 aliphatic heterocycles. The summed E-state index contributed by atoms with van der Waals surface area (Å²) in [5.41, 5.74) is 5.66. The number of aliphatic hydroxyl groups excluding tert-OH is 1. The van der Waals surface area contributed by atoms with Gasteiger partial charge in [-0.1, -0.05) is 11.8 Å². The molecular formula is C7H12N2OS2. The number of thiazole rings is 1. The van der Waals surface area contributed by atoms with Crippen molar-refractivity contribution in [3.05, 3.63) is 11.6 Å². The Labute approximate surface area is 80.0 Å². The van der Waals surface area contributed by atoms with Crippen LogP contribution in [0, 0.1) is 0 Å². The van der Waals surface area contributed by atoms with Crippen LogP contribution in [0.3, 0.4) is 0 Å². The van der Waals surface area contributed by atoms with Crippen LogP contribution in [0.25, 0.3) is 0 Å². The van der Waals surface area contributed by atoms with E-state index in [2.05, 4.69) is 4.98 Å². The molecule has 0 radical (unpaired) electrons. The average molecular weight is 204 g/mol. The molecule has 0 saturated heterocycles. The van der Waals surface area contributed by atoms with Crippen molar-refractivity contribution in [2.75, 3.05) is 6.61 Å². The minimum Gasteiger partial charge on any atom is -0.395 e. The molecule has 0 saturated carbocycles. The molecule has 0 bridgehead atoms. The van der Waals surface area contributed by atoms with Gasteiger partial charge >= 0.3 is 0 Å². The van der Waals surface area contributed by atoms with E-state index in [9.17, 15) is 0 Å². The van der Waals surface area contributed by atoms with Crippen molar-refractivity contribution in [2.45, 2.75) is 22.6 Å². The monoisotopic (exact) mass is 204 g/mol. The lowest BCUT2D eigenvalue weighted by molar-refractivity contribution is 0.285. The van der Waals surface area contributed by atoms with E-state index in [-0.39, 0.29) is 17.9 Å². The molecule has 0 spiro atoms. The third kappa shape index (κ3) is 2.75. The van der Waals surface area contributed by atoms with Gasteiger partial charge in [0.1, 0.15) is 4.34 Å². The van der Waals surface area contributed by atoms with Crippen molar-refractivity contribution < 1.29 is 5.11 Å². The second-order valence-corrected chi connectivity index (χ2v) is 4.88. The molecule has 0 amide bonds. The number of nitrogens with zero attached hydrogens (tertiary/aromatic N) is 1. The van der Waals surface area contributed by atoms with Gasteiger partial charge in [0, 0.05) is 22.9 Å². The summed E-state index contributed by atoms with van der Waals surface area (Å²) in [5.74, 6) is 0. The summed E-state index contributed by atoms with van der Waals surface area (Å²) in [6.45, 7) is 1.99.